The van der Waals surface area contributed by atoms with Gasteiger partial charge in [-0.25, -0.2) is 0 Å². The third-order valence-corrected chi connectivity index (χ3v) is 4.09. The summed E-state index contributed by atoms with van der Waals surface area (Å²) in [5, 5.41) is 4.90. The Morgan fingerprint density at radius 1 is 1.20 bits per heavy atom. The molecule has 0 saturated carbocycles. The minimum absolute atomic E-state index is 0.417. The highest BCUT2D eigenvalue weighted by Gasteiger charge is 2.13. The molecule has 0 amide bonds. The Morgan fingerprint density at radius 3 is 2.25 bits per heavy atom. The predicted octanol–water partition coefficient (Wildman–Crippen LogP) is 4.32. The average Bonchev–Trinajstić information content (AvgIpc) is 2.63. The van der Waals surface area contributed by atoms with E-state index in [0.29, 0.717) is 17.6 Å². The molecule has 1 heterocycles. The van der Waals surface area contributed by atoms with Gasteiger partial charge in [-0.05, 0) is 37.5 Å². The van der Waals surface area contributed by atoms with Gasteiger partial charge in [0, 0.05) is 18.5 Å². The molecular weight excluding hydrogens is 295 g/mol. The molecule has 1 aromatic carbocycles. The average molecular weight is 313 g/mol. The second-order valence-electron chi connectivity index (χ2n) is 4.96. The van der Waals surface area contributed by atoms with E-state index in [1.165, 1.54) is 0 Å². The van der Waals surface area contributed by atoms with Crippen LogP contribution in [0.5, 0.6) is 5.75 Å². The predicted molar refractivity (Wildman–Crippen MR) is 82.8 cm³/mol. The van der Waals surface area contributed by atoms with Crippen molar-refractivity contribution in [1.29, 1.82) is 0 Å². The van der Waals surface area contributed by atoms with Gasteiger partial charge >= 0.3 is 0 Å². The molecule has 0 N–H and O–H groups in total. The van der Waals surface area contributed by atoms with E-state index in [1.807, 2.05) is 40.0 Å². The zero-order valence-corrected chi connectivity index (χ0v) is 13.6. The molecule has 2 rings (SSSR count). The Morgan fingerprint density at radius 2 is 1.80 bits per heavy atom. The number of ether oxygens (including phenoxy) is 1. The molecule has 0 fully saturated rings. The number of aromatic nitrogens is 2. The van der Waals surface area contributed by atoms with Gasteiger partial charge in [0.15, 0.2) is 0 Å². The van der Waals surface area contributed by atoms with Crippen LogP contribution in [0.2, 0.25) is 5.15 Å². The van der Waals surface area contributed by atoms with Gasteiger partial charge in [-0.15, -0.1) is 11.6 Å². The Kier molecular flexibility index (Phi) is 4.61. The van der Waals surface area contributed by atoms with Gasteiger partial charge < -0.3 is 4.74 Å². The van der Waals surface area contributed by atoms with Crippen LogP contribution >= 0.6 is 23.2 Å². The summed E-state index contributed by atoms with van der Waals surface area (Å²) in [6, 6.07) is 4.10. The van der Waals surface area contributed by atoms with Crippen molar-refractivity contribution in [3.8, 4) is 5.75 Å². The van der Waals surface area contributed by atoms with Crippen molar-refractivity contribution in [2.24, 2.45) is 7.05 Å². The first-order valence-corrected chi connectivity index (χ1v) is 7.32. The highest BCUT2D eigenvalue weighted by Crippen LogP contribution is 2.28. The molecule has 20 heavy (non-hydrogen) atoms. The van der Waals surface area contributed by atoms with Gasteiger partial charge in [0.1, 0.15) is 17.5 Å². The van der Waals surface area contributed by atoms with Crippen LogP contribution in [0.3, 0.4) is 0 Å². The smallest absolute Gasteiger partial charge is 0.133 e. The summed E-state index contributed by atoms with van der Waals surface area (Å²) in [6.07, 6.45) is 0. The summed E-state index contributed by atoms with van der Waals surface area (Å²) < 4.78 is 7.61. The molecule has 0 radical (unpaired) electrons. The van der Waals surface area contributed by atoms with Crippen molar-refractivity contribution >= 4 is 23.2 Å². The highest BCUT2D eigenvalue weighted by molar-refractivity contribution is 6.30. The molecule has 2 aromatic rings. The first-order valence-electron chi connectivity index (χ1n) is 6.41. The topological polar surface area (TPSA) is 27.1 Å². The van der Waals surface area contributed by atoms with Crippen molar-refractivity contribution in [3.05, 3.63) is 45.2 Å². The summed E-state index contributed by atoms with van der Waals surface area (Å²) in [6.45, 7) is 6.40. The lowest BCUT2D eigenvalue weighted by Crippen LogP contribution is -2.01. The van der Waals surface area contributed by atoms with E-state index in [1.54, 1.807) is 4.68 Å². The molecule has 5 heteroatoms. The summed E-state index contributed by atoms with van der Waals surface area (Å²) in [5.41, 5.74) is 5.08. The fourth-order valence-electron chi connectivity index (χ4n) is 2.33. The van der Waals surface area contributed by atoms with E-state index in [-0.39, 0.29) is 0 Å². The standard InChI is InChI=1S/C15H18Cl2N2O/c1-9-5-12(7-16)6-10(2)14(9)20-8-13-11(3)18-19(4)15(13)17/h5-6H,7-8H2,1-4H3. The third-order valence-electron chi connectivity index (χ3n) is 3.31. The zero-order chi connectivity index (χ0) is 14.9. The molecule has 1 aromatic heterocycles. The lowest BCUT2D eigenvalue weighted by atomic mass is 10.1. The van der Waals surface area contributed by atoms with Crippen molar-refractivity contribution in [1.82, 2.24) is 9.78 Å². The molecule has 0 aliphatic heterocycles. The number of benzene rings is 1. The number of nitrogens with zero attached hydrogens (tertiary/aromatic N) is 2. The van der Waals surface area contributed by atoms with Crippen LogP contribution in [0, 0.1) is 20.8 Å². The van der Waals surface area contributed by atoms with E-state index in [9.17, 15) is 0 Å². The van der Waals surface area contributed by atoms with Crippen molar-refractivity contribution in [2.45, 2.75) is 33.3 Å². The highest BCUT2D eigenvalue weighted by atomic mass is 35.5. The number of hydrogen-bond donors (Lipinski definition) is 0. The van der Waals surface area contributed by atoms with Gasteiger partial charge in [-0.1, -0.05) is 23.7 Å². The number of aryl methyl sites for hydroxylation is 4. The summed E-state index contributed by atoms with van der Waals surface area (Å²) in [4.78, 5) is 0. The van der Waals surface area contributed by atoms with Crippen molar-refractivity contribution in [2.75, 3.05) is 0 Å². The number of rotatable bonds is 4. The molecule has 0 bridgehead atoms. The van der Waals surface area contributed by atoms with E-state index in [4.69, 9.17) is 27.9 Å². The summed E-state index contributed by atoms with van der Waals surface area (Å²) in [7, 11) is 1.82. The van der Waals surface area contributed by atoms with Crippen LogP contribution in [0.4, 0.5) is 0 Å². The Balaban J connectivity index is 2.23. The molecular formula is C15H18Cl2N2O. The SMILES string of the molecule is Cc1cc(CCl)cc(C)c1OCc1c(C)nn(C)c1Cl. The minimum Gasteiger partial charge on any atom is -0.488 e. The normalized spacial score (nSPS) is 10.9. The number of hydrogen-bond acceptors (Lipinski definition) is 2. The van der Waals surface area contributed by atoms with Crippen LogP contribution in [-0.2, 0) is 19.5 Å². The van der Waals surface area contributed by atoms with E-state index >= 15 is 0 Å². The fraction of sp³-hybridized carbons (Fsp3) is 0.400. The molecule has 0 unspecified atom stereocenters. The van der Waals surface area contributed by atoms with E-state index < -0.39 is 0 Å². The van der Waals surface area contributed by atoms with Gasteiger partial charge in [-0.3, -0.25) is 4.68 Å². The maximum atomic E-state index is 6.21. The minimum atomic E-state index is 0.417. The quantitative estimate of drug-likeness (QED) is 0.786. The van der Waals surface area contributed by atoms with E-state index in [0.717, 1.165) is 33.7 Å². The van der Waals surface area contributed by atoms with Crippen LogP contribution < -0.4 is 4.74 Å². The van der Waals surface area contributed by atoms with Crippen LogP contribution in [0.1, 0.15) is 27.9 Å². The largest absolute Gasteiger partial charge is 0.488 e. The van der Waals surface area contributed by atoms with Crippen molar-refractivity contribution < 1.29 is 4.74 Å². The van der Waals surface area contributed by atoms with Crippen LogP contribution in [-0.4, -0.2) is 9.78 Å². The van der Waals surface area contributed by atoms with Gasteiger partial charge in [0.05, 0.1) is 5.69 Å². The Bertz CT molecular complexity index is 612. The molecule has 3 nitrogen and oxygen atoms in total. The Labute approximate surface area is 129 Å². The molecule has 0 aliphatic carbocycles. The van der Waals surface area contributed by atoms with Gasteiger partial charge in [-0.2, -0.15) is 5.10 Å². The molecule has 0 aliphatic rings. The van der Waals surface area contributed by atoms with E-state index in [2.05, 4.69) is 5.10 Å². The second kappa shape index (κ2) is 6.06. The molecule has 0 atom stereocenters. The molecule has 108 valence electrons. The summed E-state index contributed by atoms with van der Waals surface area (Å²) >= 11 is 12.1. The van der Waals surface area contributed by atoms with Gasteiger partial charge in [0.2, 0.25) is 0 Å². The lowest BCUT2D eigenvalue weighted by Gasteiger charge is -2.13. The second-order valence-corrected chi connectivity index (χ2v) is 5.58. The first kappa shape index (κ1) is 15.2. The molecule has 0 saturated heterocycles. The van der Waals surface area contributed by atoms with Crippen LogP contribution in [0.15, 0.2) is 12.1 Å². The summed E-state index contributed by atoms with van der Waals surface area (Å²) in [5.74, 6) is 1.40. The van der Waals surface area contributed by atoms with Crippen molar-refractivity contribution in [3.63, 3.8) is 0 Å². The third kappa shape index (κ3) is 2.94. The van der Waals surface area contributed by atoms with Gasteiger partial charge in [0.25, 0.3) is 0 Å². The number of alkyl halides is 1. The first-order chi connectivity index (χ1) is 9.43. The number of halogens is 2. The Hall–Kier alpha value is -1.19. The zero-order valence-electron chi connectivity index (χ0n) is 12.1. The fourth-order valence-corrected chi connectivity index (χ4v) is 2.71. The monoisotopic (exact) mass is 312 g/mol. The maximum absolute atomic E-state index is 6.21. The lowest BCUT2D eigenvalue weighted by molar-refractivity contribution is 0.301. The maximum Gasteiger partial charge on any atom is 0.133 e. The molecule has 0 spiro atoms. The van der Waals surface area contributed by atoms with Crippen LogP contribution in [0.25, 0.3) is 0 Å².